The number of aromatic nitrogens is 2. The first-order valence-corrected chi connectivity index (χ1v) is 7.75. The molecule has 2 atom stereocenters. The first-order valence-electron chi connectivity index (χ1n) is 7.75. The average Bonchev–Trinajstić information content (AvgIpc) is 2.38. The highest BCUT2D eigenvalue weighted by Gasteiger charge is 2.40. The van der Waals surface area contributed by atoms with Crippen LogP contribution in [0, 0.1) is 5.92 Å². The van der Waals surface area contributed by atoms with E-state index in [2.05, 4.69) is 25.8 Å². The quantitative estimate of drug-likeness (QED) is 0.913. The van der Waals surface area contributed by atoms with E-state index in [1.54, 1.807) is 0 Å². The van der Waals surface area contributed by atoms with Gasteiger partial charge in [0.25, 0.3) is 0 Å². The number of hydrogen-bond donors (Lipinski definition) is 1. The molecule has 1 saturated carbocycles. The average molecular weight is 277 g/mol. The van der Waals surface area contributed by atoms with Crippen LogP contribution in [0.1, 0.15) is 70.8 Å². The third-order valence-corrected chi connectivity index (χ3v) is 4.14. The van der Waals surface area contributed by atoms with Crippen LogP contribution in [0.15, 0.2) is 6.07 Å². The number of rotatable bonds is 4. The molecule has 2 unspecified atom stereocenters. The number of nitrogens with zero attached hydrogens (tertiary/aromatic N) is 2. The van der Waals surface area contributed by atoms with E-state index in [0.29, 0.717) is 24.3 Å². The zero-order chi connectivity index (χ0) is 14.8. The third kappa shape index (κ3) is 3.11. The lowest BCUT2D eigenvalue weighted by Crippen LogP contribution is -2.37. The number of ether oxygens (including phenoxy) is 1. The SMILES string of the molecule is CCOC1(c2nc(N)cc(C(C)C)n2)CCCC(C)C1. The minimum atomic E-state index is -0.342. The predicted octanol–water partition coefficient (Wildman–Crippen LogP) is 3.62. The standard InChI is InChI=1S/C16H27N3O/c1-5-20-16(8-6-7-12(4)10-16)15-18-13(11(2)3)9-14(17)19-15/h9,11-12H,5-8,10H2,1-4H3,(H2,17,18,19). The first-order chi connectivity index (χ1) is 9.47. The number of nitrogen functional groups attached to an aromatic ring is 1. The van der Waals surface area contributed by atoms with E-state index in [-0.39, 0.29) is 5.60 Å². The van der Waals surface area contributed by atoms with Crippen LogP contribution in [0.5, 0.6) is 0 Å². The van der Waals surface area contributed by atoms with Crippen molar-refractivity contribution in [3.63, 3.8) is 0 Å². The van der Waals surface area contributed by atoms with Crippen LogP contribution in [-0.4, -0.2) is 16.6 Å². The van der Waals surface area contributed by atoms with E-state index in [1.165, 1.54) is 6.42 Å². The van der Waals surface area contributed by atoms with Gasteiger partial charge in [0.15, 0.2) is 5.82 Å². The molecule has 112 valence electrons. The Morgan fingerprint density at radius 1 is 1.45 bits per heavy atom. The Bertz CT molecular complexity index is 457. The van der Waals surface area contributed by atoms with Crippen molar-refractivity contribution in [3.8, 4) is 0 Å². The minimum absolute atomic E-state index is 0.342. The largest absolute Gasteiger partial charge is 0.384 e. The van der Waals surface area contributed by atoms with Crippen molar-refractivity contribution >= 4 is 5.82 Å². The lowest BCUT2D eigenvalue weighted by atomic mass is 9.78. The Balaban J connectivity index is 2.43. The maximum absolute atomic E-state index is 6.14. The molecule has 1 heterocycles. The molecule has 0 aromatic carbocycles. The second-order valence-corrected chi connectivity index (χ2v) is 6.32. The fraction of sp³-hybridized carbons (Fsp3) is 0.750. The van der Waals surface area contributed by atoms with Crippen molar-refractivity contribution in [1.82, 2.24) is 9.97 Å². The van der Waals surface area contributed by atoms with E-state index < -0.39 is 0 Å². The molecule has 4 heteroatoms. The molecule has 2 rings (SSSR count). The van der Waals surface area contributed by atoms with E-state index in [1.807, 2.05) is 13.0 Å². The van der Waals surface area contributed by atoms with Crippen LogP contribution in [0.3, 0.4) is 0 Å². The van der Waals surface area contributed by atoms with Crippen LogP contribution in [0.25, 0.3) is 0 Å². The molecule has 0 spiro atoms. The van der Waals surface area contributed by atoms with Crippen molar-refractivity contribution in [2.24, 2.45) is 5.92 Å². The highest BCUT2D eigenvalue weighted by Crippen LogP contribution is 2.42. The molecule has 1 fully saturated rings. The summed E-state index contributed by atoms with van der Waals surface area (Å²) in [6.07, 6.45) is 4.40. The Labute approximate surface area is 122 Å². The van der Waals surface area contributed by atoms with E-state index >= 15 is 0 Å². The van der Waals surface area contributed by atoms with Crippen LogP contribution in [-0.2, 0) is 10.3 Å². The third-order valence-electron chi connectivity index (χ3n) is 4.14. The molecule has 1 aliphatic rings. The molecule has 4 nitrogen and oxygen atoms in total. The van der Waals surface area contributed by atoms with Crippen molar-refractivity contribution in [1.29, 1.82) is 0 Å². The second-order valence-electron chi connectivity index (χ2n) is 6.32. The van der Waals surface area contributed by atoms with Crippen LogP contribution in [0.2, 0.25) is 0 Å². The fourth-order valence-electron chi connectivity index (χ4n) is 3.16. The number of nitrogens with two attached hydrogens (primary N) is 1. The molecule has 1 aromatic heterocycles. The van der Waals surface area contributed by atoms with Crippen molar-refractivity contribution in [2.75, 3.05) is 12.3 Å². The summed E-state index contributed by atoms with van der Waals surface area (Å²) >= 11 is 0. The fourth-order valence-corrected chi connectivity index (χ4v) is 3.16. The van der Waals surface area contributed by atoms with Crippen LogP contribution < -0.4 is 5.73 Å². The zero-order valence-electron chi connectivity index (χ0n) is 13.1. The molecule has 0 amide bonds. The van der Waals surface area contributed by atoms with Gasteiger partial charge in [0.1, 0.15) is 11.4 Å². The summed E-state index contributed by atoms with van der Waals surface area (Å²) in [6, 6.07) is 1.88. The molecule has 1 aliphatic carbocycles. The van der Waals surface area contributed by atoms with Gasteiger partial charge in [-0.3, -0.25) is 0 Å². The summed E-state index contributed by atoms with van der Waals surface area (Å²) in [5.41, 5.74) is 6.65. The molecular weight excluding hydrogens is 250 g/mol. The van der Waals surface area contributed by atoms with E-state index in [9.17, 15) is 0 Å². The monoisotopic (exact) mass is 277 g/mol. The molecule has 0 saturated heterocycles. The topological polar surface area (TPSA) is 61.0 Å². The predicted molar refractivity (Wildman–Crippen MR) is 81.5 cm³/mol. The van der Waals surface area contributed by atoms with Crippen LogP contribution in [0.4, 0.5) is 5.82 Å². The maximum atomic E-state index is 6.14. The smallest absolute Gasteiger partial charge is 0.162 e. The van der Waals surface area contributed by atoms with Gasteiger partial charge in [-0.15, -0.1) is 0 Å². The molecular formula is C16H27N3O. The lowest BCUT2D eigenvalue weighted by Gasteiger charge is -2.38. The van der Waals surface area contributed by atoms with E-state index in [4.69, 9.17) is 15.5 Å². The molecule has 2 N–H and O–H groups in total. The van der Waals surface area contributed by atoms with Gasteiger partial charge in [-0.1, -0.05) is 27.2 Å². The summed E-state index contributed by atoms with van der Waals surface area (Å²) in [7, 11) is 0. The lowest BCUT2D eigenvalue weighted by molar-refractivity contribution is -0.0881. The molecule has 20 heavy (non-hydrogen) atoms. The number of anilines is 1. The van der Waals surface area contributed by atoms with Gasteiger partial charge in [-0.2, -0.15) is 0 Å². The van der Waals surface area contributed by atoms with Gasteiger partial charge in [-0.25, -0.2) is 9.97 Å². The van der Waals surface area contributed by atoms with Crippen molar-refractivity contribution in [2.45, 2.75) is 64.9 Å². The summed E-state index contributed by atoms with van der Waals surface area (Å²) in [4.78, 5) is 9.27. The van der Waals surface area contributed by atoms with Gasteiger partial charge < -0.3 is 10.5 Å². The Morgan fingerprint density at radius 2 is 2.20 bits per heavy atom. The second kappa shape index (κ2) is 6.08. The molecule has 0 bridgehead atoms. The van der Waals surface area contributed by atoms with E-state index in [0.717, 1.165) is 30.8 Å². The summed E-state index contributed by atoms with van der Waals surface area (Å²) in [6.45, 7) is 9.26. The highest BCUT2D eigenvalue weighted by atomic mass is 16.5. The minimum Gasteiger partial charge on any atom is -0.384 e. The normalized spacial score (nSPS) is 26.9. The van der Waals surface area contributed by atoms with Crippen molar-refractivity contribution < 1.29 is 4.74 Å². The summed E-state index contributed by atoms with van der Waals surface area (Å²) in [5, 5.41) is 0. The molecule has 0 aliphatic heterocycles. The molecule has 1 aromatic rings. The molecule has 0 radical (unpaired) electrons. The maximum Gasteiger partial charge on any atom is 0.162 e. The van der Waals surface area contributed by atoms with Gasteiger partial charge in [-0.05, 0) is 38.0 Å². The first kappa shape index (κ1) is 15.2. The Morgan fingerprint density at radius 3 is 2.80 bits per heavy atom. The van der Waals surface area contributed by atoms with Gasteiger partial charge in [0.05, 0.1) is 0 Å². The Hall–Kier alpha value is -1.16. The van der Waals surface area contributed by atoms with Gasteiger partial charge >= 0.3 is 0 Å². The zero-order valence-corrected chi connectivity index (χ0v) is 13.1. The Kier molecular flexibility index (Phi) is 4.63. The summed E-state index contributed by atoms with van der Waals surface area (Å²) in [5.74, 6) is 2.33. The van der Waals surface area contributed by atoms with Crippen molar-refractivity contribution in [3.05, 3.63) is 17.6 Å². The van der Waals surface area contributed by atoms with Gasteiger partial charge in [0.2, 0.25) is 0 Å². The van der Waals surface area contributed by atoms with Crippen LogP contribution >= 0.6 is 0 Å². The summed E-state index contributed by atoms with van der Waals surface area (Å²) < 4.78 is 6.14. The number of hydrogen-bond acceptors (Lipinski definition) is 4. The van der Waals surface area contributed by atoms with Gasteiger partial charge in [0, 0.05) is 18.4 Å². The highest BCUT2D eigenvalue weighted by molar-refractivity contribution is 5.32.